The molecule has 1 saturated heterocycles. The zero-order chi connectivity index (χ0) is 18.1. The summed E-state index contributed by atoms with van der Waals surface area (Å²) in [5.41, 5.74) is 0.429. The number of hydrogen-bond donors (Lipinski definition) is 0. The molecule has 2 aliphatic rings. The molecule has 1 aliphatic heterocycles. The predicted octanol–water partition coefficient (Wildman–Crippen LogP) is 3.81. The highest BCUT2D eigenvalue weighted by molar-refractivity contribution is 5.92. The second-order valence-electron chi connectivity index (χ2n) is 8.07. The number of amides is 1. The van der Waals surface area contributed by atoms with Crippen LogP contribution < -0.4 is 0 Å². The highest BCUT2D eigenvalue weighted by Crippen LogP contribution is 2.32. The molecule has 0 N–H and O–H groups in total. The van der Waals surface area contributed by atoms with Gasteiger partial charge in [-0.2, -0.15) is 0 Å². The van der Waals surface area contributed by atoms with Crippen molar-refractivity contribution in [3.8, 4) is 0 Å². The standard InChI is InChI=1S/C20H28N4O2/c1-14(2)18-12-17(22-26-18)20(25)23-9-6-16(7-10-23)19-21-8-11-24(19)13-15-4-3-5-15/h8,11-12,14-16H,3-7,9-10,13H2,1-2H3. The van der Waals surface area contributed by atoms with Gasteiger partial charge in [0, 0.05) is 49.9 Å². The summed E-state index contributed by atoms with van der Waals surface area (Å²) in [6.07, 6.45) is 10.0. The summed E-state index contributed by atoms with van der Waals surface area (Å²) in [5, 5.41) is 3.96. The number of piperidine rings is 1. The second-order valence-corrected chi connectivity index (χ2v) is 8.07. The number of rotatable bonds is 5. The number of hydrogen-bond acceptors (Lipinski definition) is 4. The van der Waals surface area contributed by atoms with Crippen molar-refractivity contribution in [1.82, 2.24) is 19.6 Å². The highest BCUT2D eigenvalue weighted by atomic mass is 16.5. The Hall–Kier alpha value is -2.11. The SMILES string of the molecule is CC(C)c1cc(C(=O)N2CCC(c3nccn3CC3CCC3)CC2)no1. The summed E-state index contributed by atoms with van der Waals surface area (Å²) in [6, 6.07) is 1.78. The summed E-state index contributed by atoms with van der Waals surface area (Å²) in [5.74, 6) is 3.46. The zero-order valence-electron chi connectivity index (χ0n) is 15.7. The molecular formula is C20H28N4O2. The highest BCUT2D eigenvalue weighted by Gasteiger charge is 2.29. The van der Waals surface area contributed by atoms with Crippen molar-refractivity contribution in [2.45, 2.75) is 64.3 Å². The average molecular weight is 356 g/mol. The van der Waals surface area contributed by atoms with Crippen LogP contribution in [0.1, 0.15) is 79.9 Å². The molecule has 0 bridgehead atoms. The quantitative estimate of drug-likeness (QED) is 0.817. The zero-order valence-corrected chi connectivity index (χ0v) is 15.7. The molecule has 6 heteroatoms. The van der Waals surface area contributed by atoms with Crippen LogP contribution in [0.2, 0.25) is 0 Å². The van der Waals surface area contributed by atoms with Crippen molar-refractivity contribution >= 4 is 5.91 Å². The predicted molar refractivity (Wildman–Crippen MR) is 98.0 cm³/mol. The van der Waals surface area contributed by atoms with Crippen molar-refractivity contribution in [2.24, 2.45) is 5.92 Å². The van der Waals surface area contributed by atoms with Gasteiger partial charge in [0.25, 0.3) is 5.91 Å². The van der Waals surface area contributed by atoms with Crippen LogP contribution in [-0.2, 0) is 6.54 Å². The molecule has 2 aromatic heterocycles. The Kier molecular flexibility index (Phi) is 4.83. The first-order chi connectivity index (χ1) is 12.6. The van der Waals surface area contributed by atoms with Gasteiger partial charge in [-0.15, -0.1) is 0 Å². The van der Waals surface area contributed by atoms with E-state index in [9.17, 15) is 4.79 Å². The number of carbonyl (C=O) groups excluding carboxylic acids is 1. The number of imidazole rings is 1. The van der Waals surface area contributed by atoms with Crippen molar-refractivity contribution in [2.75, 3.05) is 13.1 Å². The van der Waals surface area contributed by atoms with E-state index in [4.69, 9.17) is 4.52 Å². The molecule has 26 heavy (non-hydrogen) atoms. The van der Waals surface area contributed by atoms with E-state index >= 15 is 0 Å². The Morgan fingerprint density at radius 2 is 2.04 bits per heavy atom. The molecule has 4 rings (SSSR count). The lowest BCUT2D eigenvalue weighted by Gasteiger charge is -2.32. The van der Waals surface area contributed by atoms with Crippen LogP contribution in [0.5, 0.6) is 0 Å². The van der Waals surface area contributed by atoms with Gasteiger partial charge in [0.2, 0.25) is 0 Å². The van der Waals surface area contributed by atoms with Crippen LogP contribution in [0.15, 0.2) is 23.0 Å². The number of nitrogens with zero attached hydrogens (tertiary/aromatic N) is 4. The fraction of sp³-hybridized carbons (Fsp3) is 0.650. The van der Waals surface area contributed by atoms with Crippen molar-refractivity contribution in [3.63, 3.8) is 0 Å². The molecule has 0 aromatic carbocycles. The summed E-state index contributed by atoms with van der Waals surface area (Å²) >= 11 is 0. The lowest BCUT2D eigenvalue weighted by molar-refractivity contribution is 0.0699. The number of carbonyl (C=O) groups is 1. The van der Waals surface area contributed by atoms with Crippen LogP contribution >= 0.6 is 0 Å². The van der Waals surface area contributed by atoms with E-state index < -0.39 is 0 Å². The third-order valence-electron chi connectivity index (χ3n) is 5.89. The maximum atomic E-state index is 12.7. The molecule has 2 fully saturated rings. The monoisotopic (exact) mass is 356 g/mol. The van der Waals surface area contributed by atoms with Crippen molar-refractivity contribution < 1.29 is 9.32 Å². The Balaban J connectivity index is 1.36. The van der Waals surface area contributed by atoms with Crippen molar-refractivity contribution in [1.29, 1.82) is 0 Å². The number of aromatic nitrogens is 3. The normalized spacial score (nSPS) is 19.1. The first kappa shape index (κ1) is 17.3. The molecule has 0 spiro atoms. The van der Waals surface area contributed by atoms with Crippen LogP contribution in [0, 0.1) is 5.92 Å². The Labute approximate surface area is 154 Å². The summed E-state index contributed by atoms with van der Waals surface area (Å²) in [4.78, 5) is 19.2. The second kappa shape index (κ2) is 7.25. The molecule has 0 unspecified atom stereocenters. The van der Waals surface area contributed by atoms with Crippen molar-refractivity contribution in [3.05, 3.63) is 35.7 Å². The van der Waals surface area contributed by atoms with E-state index in [1.807, 2.05) is 24.9 Å². The molecule has 1 amide bonds. The van der Waals surface area contributed by atoms with Gasteiger partial charge >= 0.3 is 0 Å². The van der Waals surface area contributed by atoms with Gasteiger partial charge in [-0.25, -0.2) is 4.98 Å². The summed E-state index contributed by atoms with van der Waals surface area (Å²) in [6.45, 7) is 6.68. The minimum atomic E-state index is -0.0168. The minimum absolute atomic E-state index is 0.0168. The van der Waals surface area contributed by atoms with E-state index in [1.54, 1.807) is 6.07 Å². The molecule has 0 atom stereocenters. The third-order valence-corrected chi connectivity index (χ3v) is 5.89. The number of likely N-dealkylation sites (tertiary alicyclic amines) is 1. The van der Waals surface area contributed by atoms with Gasteiger partial charge in [0.15, 0.2) is 5.69 Å². The maximum absolute atomic E-state index is 12.7. The van der Waals surface area contributed by atoms with Gasteiger partial charge in [-0.1, -0.05) is 25.4 Å². The maximum Gasteiger partial charge on any atom is 0.276 e. The first-order valence-electron chi connectivity index (χ1n) is 9.88. The largest absolute Gasteiger partial charge is 0.360 e. The van der Waals surface area contributed by atoms with Gasteiger partial charge < -0.3 is 14.0 Å². The molecule has 1 saturated carbocycles. The molecule has 6 nitrogen and oxygen atoms in total. The average Bonchev–Trinajstić information content (AvgIpc) is 3.27. The molecule has 0 radical (unpaired) electrons. The summed E-state index contributed by atoms with van der Waals surface area (Å²) < 4.78 is 7.62. The Bertz CT molecular complexity index is 751. The van der Waals surface area contributed by atoms with Crippen LogP contribution in [-0.4, -0.2) is 38.6 Å². The van der Waals surface area contributed by atoms with E-state index in [1.165, 1.54) is 25.1 Å². The van der Waals surface area contributed by atoms with Gasteiger partial charge in [-0.05, 0) is 31.6 Å². The first-order valence-corrected chi connectivity index (χ1v) is 9.88. The van der Waals surface area contributed by atoms with E-state index in [2.05, 4.69) is 20.9 Å². The molecule has 2 aromatic rings. The van der Waals surface area contributed by atoms with Gasteiger partial charge in [-0.3, -0.25) is 4.79 Å². The van der Waals surface area contributed by atoms with Gasteiger partial charge in [0.05, 0.1) is 0 Å². The minimum Gasteiger partial charge on any atom is -0.360 e. The van der Waals surface area contributed by atoms with Gasteiger partial charge in [0.1, 0.15) is 11.6 Å². The molecule has 140 valence electrons. The van der Waals surface area contributed by atoms with E-state index in [0.717, 1.165) is 44.2 Å². The Morgan fingerprint density at radius 3 is 2.65 bits per heavy atom. The Morgan fingerprint density at radius 1 is 1.27 bits per heavy atom. The smallest absolute Gasteiger partial charge is 0.276 e. The topological polar surface area (TPSA) is 64.2 Å². The fourth-order valence-electron chi connectivity index (χ4n) is 3.95. The molecule has 1 aliphatic carbocycles. The lowest BCUT2D eigenvalue weighted by Crippen LogP contribution is -2.38. The van der Waals surface area contributed by atoms with Crippen LogP contribution in [0.4, 0.5) is 0 Å². The van der Waals surface area contributed by atoms with E-state index in [-0.39, 0.29) is 11.8 Å². The van der Waals surface area contributed by atoms with Crippen LogP contribution in [0.3, 0.4) is 0 Å². The third kappa shape index (κ3) is 3.41. The van der Waals surface area contributed by atoms with Crippen LogP contribution in [0.25, 0.3) is 0 Å². The lowest BCUT2D eigenvalue weighted by atomic mass is 9.85. The molecule has 3 heterocycles. The summed E-state index contributed by atoms with van der Waals surface area (Å²) in [7, 11) is 0. The van der Waals surface area contributed by atoms with E-state index in [0.29, 0.717) is 11.6 Å². The fourth-order valence-corrected chi connectivity index (χ4v) is 3.95. The molecular weight excluding hydrogens is 328 g/mol.